The number of primary sulfonamides is 1. The molecule has 0 saturated carbocycles. The predicted molar refractivity (Wildman–Crippen MR) is 87.0 cm³/mol. The number of benzene rings is 1. The van der Waals surface area contributed by atoms with Crippen LogP contribution in [-0.4, -0.2) is 32.8 Å². The molecular formula is C15H23N3O4S. The smallest absolute Gasteiger partial charge is 0.238 e. The summed E-state index contributed by atoms with van der Waals surface area (Å²) in [6.07, 6.45) is 1.14. The molecule has 0 aliphatic heterocycles. The van der Waals surface area contributed by atoms with Gasteiger partial charge >= 0.3 is 0 Å². The van der Waals surface area contributed by atoms with Gasteiger partial charge in [0.05, 0.1) is 4.90 Å². The first-order chi connectivity index (χ1) is 10.7. The second-order valence-corrected chi connectivity index (χ2v) is 6.90. The number of rotatable bonds is 8. The zero-order valence-electron chi connectivity index (χ0n) is 13.3. The van der Waals surface area contributed by atoms with Crippen LogP contribution in [0.15, 0.2) is 29.2 Å². The van der Waals surface area contributed by atoms with Crippen LogP contribution in [0.2, 0.25) is 0 Å². The lowest BCUT2D eigenvalue weighted by atomic mass is 10.1. The summed E-state index contributed by atoms with van der Waals surface area (Å²) in [4.78, 5) is 23.2. The van der Waals surface area contributed by atoms with Crippen molar-refractivity contribution in [3.05, 3.63) is 29.8 Å². The second-order valence-electron chi connectivity index (χ2n) is 5.34. The van der Waals surface area contributed by atoms with Gasteiger partial charge < -0.3 is 10.6 Å². The van der Waals surface area contributed by atoms with Gasteiger partial charge in [0.25, 0.3) is 0 Å². The van der Waals surface area contributed by atoms with E-state index in [2.05, 4.69) is 10.6 Å². The summed E-state index contributed by atoms with van der Waals surface area (Å²) in [5, 5.41) is 10.4. The first kappa shape index (κ1) is 19.1. The van der Waals surface area contributed by atoms with E-state index >= 15 is 0 Å². The number of amides is 2. The van der Waals surface area contributed by atoms with Gasteiger partial charge in [0.2, 0.25) is 21.8 Å². The average Bonchev–Trinajstić information content (AvgIpc) is 2.46. The third-order valence-electron chi connectivity index (χ3n) is 3.33. The van der Waals surface area contributed by atoms with E-state index in [-0.39, 0.29) is 29.2 Å². The van der Waals surface area contributed by atoms with Crippen LogP contribution in [-0.2, 0) is 26.0 Å². The third-order valence-corrected chi connectivity index (χ3v) is 4.26. The van der Waals surface area contributed by atoms with Gasteiger partial charge in [-0.25, -0.2) is 13.6 Å². The number of carbonyl (C=O) groups excluding carboxylic acids is 2. The quantitative estimate of drug-likeness (QED) is 0.589. The molecule has 8 heteroatoms. The molecule has 0 aliphatic rings. The maximum atomic E-state index is 11.6. The van der Waals surface area contributed by atoms with Crippen molar-refractivity contribution in [1.29, 1.82) is 0 Å². The Labute approximate surface area is 136 Å². The fourth-order valence-corrected chi connectivity index (χ4v) is 2.34. The molecule has 0 aliphatic carbocycles. The third kappa shape index (κ3) is 7.25. The lowest BCUT2D eigenvalue weighted by Gasteiger charge is -2.11. The predicted octanol–water partition coefficient (Wildman–Crippen LogP) is 0.298. The molecule has 128 valence electrons. The summed E-state index contributed by atoms with van der Waals surface area (Å²) in [6, 6.07) is 6.17. The summed E-state index contributed by atoms with van der Waals surface area (Å²) < 4.78 is 22.3. The zero-order valence-corrected chi connectivity index (χ0v) is 14.2. The van der Waals surface area contributed by atoms with Gasteiger partial charge in [0.15, 0.2) is 0 Å². The molecule has 0 spiro atoms. The summed E-state index contributed by atoms with van der Waals surface area (Å²) in [7, 11) is -3.69. The lowest BCUT2D eigenvalue weighted by molar-refractivity contribution is -0.129. The van der Waals surface area contributed by atoms with E-state index in [1.807, 2.05) is 13.8 Å². The van der Waals surface area contributed by atoms with E-state index in [0.29, 0.717) is 13.0 Å². The van der Waals surface area contributed by atoms with E-state index in [4.69, 9.17) is 5.14 Å². The Balaban J connectivity index is 2.36. The van der Waals surface area contributed by atoms with E-state index < -0.39 is 10.0 Å². The van der Waals surface area contributed by atoms with Crippen LogP contribution in [0.3, 0.4) is 0 Å². The van der Waals surface area contributed by atoms with Gasteiger partial charge in [0, 0.05) is 12.6 Å². The molecular weight excluding hydrogens is 318 g/mol. The number of nitrogens with one attached hydrogen (secondary N) is 2. The van der Waals surface area contributed by atoms with E-state index in [0.717, 1.165) is 12.0 Å². The van der Waals surface area contributed by atoms with Gasteiger partial charge in [-0.05, 0) is 37.5 Å². The lowest BCUT2D eigenvalue weighted by Crippen LogP contribution is -2.36. The maximum Gasteiger partial charge on any atom is 0.238 e. The fraction of sp³-hybridized carbons (Fsp3) is 0.467. The Bertz CT molecular complexity index is 641. The van der Waals surface area contributed by atoms with Crippen molar-refractivity contribution in [3.8, 4) is 0 Å². The van der Waals surface area contributed by atoms with Crippen LogP contribution in [0.1, 0.15) is 32.3 Å². The summed E-state index contributed by atoms with van der Waals surface area (Å²) >= 11 is 0. The molecule has 4 N–H and O–H groups in total. The van der Waals surface area contributed by atoms with Crippen molar-refractivity contribution in [2.45, 2.75) is 44.0 Å². The standard InChI is InChI=1S/C15H23N3O4S/c1-3-11(2)18-15(20)10-14(19)17-9-8-12-4-6-13(7-5-12)23(16,21)22/h4-7,11H,3,8-10H2,1-2H3,(H,17,19)(H,18,20)(H2,16,21,22). The summed E-state index contributed by atoms with van der Waals surface area (Å²) in [5.41, 5.74) is 0.863. The highest BCUT2D eigenvalue weighted by molar-refractivity contribution is 7.89. The van der Waals surface area contributed by atoms with Gasteiger partial charge in [-0.15, -0.1) is 0 Å². The highest BCUT2D eigenvalue weighted by Gasteiger charge is 2.11. The van der Waals surface area contributed by atoms with Gasteiger partial charge in [-0.1, -0.05) is 19.1 Å². The van der Waals surface area contributed by atoms with E-state index in [9.17, 15) is 18.0 Å². The molecule has 2 amide bonds. The highest BCUT2D eigenvalue weighted by atomic mass is 32.2. The van der Waals surface area contributed by atoms with Crippen molar-refractivity contribution in [2.24, 2.45) is 5.14 Å². The number of sulfonamides is 1. The minimum Gasteiger partial charge on any atom is -0.355 e. The minimum absolute atomic E-state index is 0.0481. The SMILES string of the molecule is CCC(C)NC(=O)CC(=O)NCCc1ccc(S(N)(=O)=O)cc1. The Morgan fingerprint density at radius 2 is 1.78 bits per heavy atom. The molecule has 0 radical (unpaired) electrons. The monoisotopic (exact) mass is 341 g/mol. The Kier molecular flexibility index (Phi) is 7.18. The van der Waals surface area contributed by atoms with Crippen LogP contribution in [0.4, 0.5) is 0 Å². The molecule has 0 fully saturated rings. The van der Waals surface area contributed by atoms with Gasteiger partial charge in [-0.3, -0.25) is 9.59 Å². The Morgan fingerprint density at radius 1 is 1.17 bits per heavy atom. The van der Waals surface area contributed by atoms with Crippen molar-refractivity contribution in [2.75, 3.05) is 6.54 Å². The molecule has 1 atom stereocenters. The summed E-state index contributed by atoms with van der Waals surface area (Å²) in [5.74, 6) is -0.638. The molecule has 1 aromatic carbocycles. The van der Waals surface area contributed by atoms with Gasteiger partial charge in [-0.2, -0.15) is 0 Å². The van der Waals surface area contributed by atoms with E-state index in [1.165, 1.54) is 12.1 Å². The Morgan fingerprint density at radius 3 is 2.30 bits per heavy atom. The number of carbonyl (C=O) groups is 2. The zero-order chi connectivity index (χ0) is 17.5. The molecule has 0 heterocycles. The first-order valence-corrected chi connectivity index (χ1v) is 8.94. The van der Waals surface area contributed by atoms with Crippen molar-refractivity contribution in [1.82, 2.24) is 10.6 Å². The van der Waals surface area contributed by atoms with E-state index in [1.54, 1.807) is 12.1 Å². The molecule has 1 aromatic rings. The first-order valence-electron chi connectivity index (χ1n) is 7.40. The Hall–Kier alpha value is -1.93. The van der Waals surface area contributed by atoms with Crippen LogP contribution in [0, 0.1) is 0 Å². The molecule has 7 nitrogen and oxygen atoms in total. The normalized spacial score (nSPS) is 12.5. The molecule has 0 saturated heterocycles. The maximum absolute atomic E-state index is 11.6. The average molecular weight is 341 g/mol. The number of hydrogen-bond donors (Lipinski definition) is 3. The van der Waals surface area contributed by atoms with Crippen LogP contribution < -0.4 is 15.8 Å². The fourth-order valence-electron chi connectivity index (χ4n) is 1.83. The van der Waals surface area contributed by atoms with Crippen LogP contribution in [0.25, 0.3) is 0 Å². The molecule has 1 rings (SSSR count). The van der Waals surface area contributed by atoms with Crippen molar-refractivity contribution in [3.63, 3.8) is 0 Å². The minimum atomic E-state index is -3.69. The largest absolute Gasteiger partial charge is 0.355 e. The summed E-state index contributed by atoms with van der Waals surface area (Å²) in [6.45, 7) is 4.19. The van der Waals surface area contributed by atoms with Crippen LogP contribution >= 0.6 is 0 Å². The second kappa shape index (κ2) is 8.64. The van der Waals surface area contributed by atoms with Crippen molar-refractivity contribution >= 4 is 21.8 Å². The molecule has 23 heavy (non-hydrogen) atoms. The molecule has 1 unspecified atom stereocenters. The van der Waals surface area contributed by atoms with Crippen LogP contribution in [0.5, 0.6) is 0 Å². The highest BCUT2D eigenvalue weighted by Crippen LogP contribution is 2.08. The topological polar surface area (TPSA) is 118 Å². The number of hydrogen-bond acceptors (Lipinski definition) is 4. The number of nitrogens with two attached hydrogens (primary N) is 1. The van der Waals surface area contributed by atoms with Crippen molar-refractivity contribution < 1.29 is 18.0 Å². The molecule has 0 aromatic heterocycles. The van der Waals surface area contributed by atoms with Gasteiger partial charge in [0.1, 0.15) is 6.42 Å². The molecule has 0 bridgehead atoms.